The van der Waals surface area contributed by atoms with E-state index in [1.807, 2.05) is 31.2 Å². The van der Waals surface area contributed by atoms with Crippen LogP contribution in [0.3, 0.4) is 0 Å². The Hall–Kier alpha value is -2.54. The van der Waals surface area contributed by atoms with E-state index >= 15 is 0 Å². The molecule has 0 atom stereocenters. The number of nitrogens with one attached hydrogen (secondary N) is 1. The molecule has 1 aliphatic rings. The molecule has 0 aliphatic carbocycles. The van der Waals surface area contributed by atoms with Crippen molar-refractivity contribution in [3.63, 3.8) is 0 Å². The highest BCUT2D eigenvalue weighted by Crippen LogP contribution is 2.30. The van der Waals surface area contributed by atoms with Crippen molar-refractivity contribution in [2.45, 2.75) is 26.2 Å². The minimum Gasteiger partial charge on any atom is -0.381 e. The van der Waals surface area contributed by atoms with Crippen LogP contribution in [-0.4, -0.2) is 40.6 Å². The summed E-state index contributed by atoms with van der Waals surface area (Å²) in [5.41, 5.74) is 6.70. The first-order valence-corrected chi connectivity index (χ1v) is 8.54. The smallest absolute Gasteiger partial charge is 0.225 e. The summed E-state index contributed by atoms with van der Waals surface area (Å²) in [5, 5.41) is 3.29. The summed E-state index contributed by atoms with van der Waals surface area (Å²) in [6.07, 6.45) is 3.74. The van der Waals surface area contributed by atoms with Gasteiger partial charge in [0.05, 0.1) is 5.41 Å². The Bertz CT molecular complexity index is 730. The molecule has 0 radical (unpaired) electrons. The number of primary amides is 1. The van der Waals surface area contributed by atoms with Crippen molar-refractivity contribution in [3.05, 3.63) is 36.2 Å². The quantitative estimate of drug-likeness (QED) is 0.830. The Morgan fingerprint density at radius 2 is 2.12 bits per heavy atom. The molecule has 3 rings (SSSR count). The van der Waals surface area contributed by atoms with Crippen LogP contribution >= 0.6 is 0 Å². The molecule has 132 valence electrons. The van der Waals surface area contributed by atoms with Gasteiger partial charge in [0.2, 0.25) is 5.91 Å². The van der Waals surface area contributed by atoms with E-state index in [0.717, 1.165) is 17.8 Å². The minimum absolute atomic E-state index is 0.293. The second-order valence-electron chi connectivity index (χ2n) is 6.25. The summed E-state index contributed by atoms with van der Waals surface area (Å²) in [6.45, 7) is 3.58. The molecule has 7 heteroatoms. The summed E-state index contributed by atoms with van der Waals surface area (Å²) in [4.78, 5) is 25.4. The molecular formula is C18H23N5O2. The molecule has 1 saturated heterocycles. The van der Waals surface area contributed by atoms with Gasteiger partial charge in [-0.1, -0.05) is 13.0 Å². The van der Waals surface area contributed by atoms with Crippen molar-refractivity contribution in [1.29, 1.82) is 0 Å². The minimum atomic E-state index is -0.596. The predicted molar refractivity (Wildman–Crippen MR) is 94.8 cm³/mol. The molecule has 0 unspecified atom stereocenters. The van der Waals surface area contributed by atoms with Gasteiger partial charge in [-0.15, -0.1) is 0 Å². The zero-order valence-corrected chi connectivity index (χ0v) is 14.4. The standard InChI is InChI=1S/C18H23N5O2/c1-2-13-11-15(23-16(22-13)14-5-3-4-8-20-14)21-12-18(17(19)24)6-9-25-10-7-18/h3-5,8,11H,2,6-7,9-10,12H2,1H3,(H2,19,24)(H,21,22,23). The van der Waals surface area contributed by atoms with E-state index in [9.17, 15) is 4.79 Å². The number of carbonyl (C=O) groups excluding carboxylic acids is 1. The molecule has 2 aromatic rings. The number of hydrogen-bond donors (Lipinski definition) is 2. The van der Waals surface area contributed by atoms with Crippen molar-refractivity contribution in [1.82, 2.24) is 15.0 Å². The lowest BCUT2D eigenvalue weighted by Crippen LogP contribution is -2.46. The zero-order valence-electron chi connectivity index (χ0n) is 14.4. The number of pyridine rings is 1. The fourth-order valence-electron chi connectivity index (χ4n) is 2.91. The third kappa shape index (κ3) is 3.93. The van der Waals surface area contributed by atoms with E-state index in [2.05, 4.69) is 20.3 Å². The highest BCUT2D eigenvalue weighted by Gasteiger charge is 2.38. The van der Waals surface area contributed by atoms with E-state index < -0.39 is 5.41 Å². The van der Waals surface area contributed by atoms with Gasteiger partial charge in [0, 0.05) is 37.7 Å². The molecule has 0 spiro atoms. The van der Waals surface area contributed by atoms with E-state index in [1.54, 1.807) is 6.20 Å². The largest absolute Gasteiger partial charge is 0.381 e. The summed E-state index contributed by atoms with van der Waals surface area (Å²) < 4.78 is 5.37. The highest BCUT2D eigenvalue weighted by atomic mass is 16.5. The van der Waals surface area contributed by atoms with Crippen LogP contribution in [0.25, 0.3) is 11.5 Å². The van der Waals surface area contributed by atoms with Crippen molar-refractivity contribution < 1.29 is 9.53 Å². The van der Waals surface area contributed by atoms with Gasteiger partial charge < -0.3 is 15.8 Å². The average Bonchev–Trinajstić information content (AvgIpc) is 2.67. The maximum atomic E-state index is 12.0. The van der Waals surface area contributed by atoms with Crippen LogP contribution in [0.5, 0.6) is 0 Å². The van der Waals surface area contributed by atoms with Crippen molar-refractivity contribution >= 4 is 11.7 Å². The Labute approximate surface area is 147 Å². The molecule has 0 saturated carbocycles. The van der Waals surface area contributed by atoms with Gasteiger partial charge in [0.15, 0.2) is 5.82 Å². The van der Waals surface area contributed by atoms with Gasteiger partial charge in [-0.05, 0) is 31.4 Å². The Kier molecular flexibility index (Phi) is 5.23. The first-order valence-electron chi connectivity index (χ1n) is 8.54. The van der Waals surface area contributed by atoms with E-state index in [0.29, 0.717) is 44.2 Å². The molecule has 1 fully saturated rings. The van der Waals surface area contributed by atoms with Crippen molar-refractivity contribution in [2.75, 3.05) is 25.1 Å². The predicted octanol–water partition coefficient (Wildman–Crippen LogP) is 1.80. The maximum absolute atomic E-state index is 12.0. The first kappa shape index (κ1) is 17.3. The maximum Gasteiger partial charge on any atom is 0.225 e. The SMILES string of the molecule is CCc1cc(NCC2(C(N)=O)CCOCC2)nc(-c2ccccn2)n1. The molecule has 0 aromatic carbocycles. The van der Waals surface area contributed by atoms with Gasteiger partial charge in [0.25, 0.3) is 0 Å². The first-order chi connectivity index (χ1) is 12.1. The topological polar surface area (TPSA) is 103 Å². The van der Waals surface area contributed by atoms with Crippen molar-refractivity contribution in [3.8, 4) is 11.5 Å². The molecule has 3 heterocycles. The van der Waals surface area contributed by atoms with E-state index in [4.69, 9.17) is 10.5 Å². The molecule has 25 heavy (non-hydrogen) atoms. The number of ether oxygens (including phenoxy) is 1. The second kappa shape index (κ2) is 7.57. The number of aromatic nitrogens is 3. The van der Waals surface area contributed by atoms with Gasteiger partial charge >= 0.3 is 0 Å². The van der Waals surface area contributed by atoms with Crippen LogP contribution in [0.15, 0.2) is 30.5 Å². The number of nitrogens with two attached hydrogens (primary N) is 1. The fourth-order valence-corrected chi connectivity index (χ4v) is 2.91. The summed E-state index contributed by atoms with van der Waals surface area (Å²) >= 11 is 0. The number of nitrogens with zero attached hydrogens (tertiary/aromatic N) is 3. The summed E-state index contributed by atoms with van der Waals surface area (Å²) in [6, 6.07) is 7.54. The van der Waals surface area contributed by atoms with Crippen LogP contribution in [0.4, 0.5) is 5.82 Å². The molecule has 7 nitrogen and oxygen atoms in total. The van der Waals surface area contributed by atoms with Crippen LogP contribution < -0.4 is 11.1 Å². The lowest BCUT2D eigenvalue weighted by atomic mass is 9.79. The van der Waals surface area contributed by atoms with Crippen LogP contribution in [-0.2, 0) is 16.0 Å². The average molecular weight is 341 g/mol. The van der Waals surface area contributed by atoms with E-state index in [1.165, 1.54) is 0 Å². The summed E-state index contributed by atoms with van der Waals surface area (Å²) in [5.74, 6) is 0.959. The van der Waals surface area contributed by atoms with Gasteiger partial charge in [-0.25, -0.2) is 9.97 Å². The number of hydrogen-bond acceptors (Lipinski definition) is 6. The normalized spacial score (nSPS) is 16.4. The number of carbonyl (C=O) groups is 1. The van der Waals surface area contributed by atoms with Gasteiger partial charge in [-0.2, -0.15) is 0 Å². The lowest BCUT2D eigenvalue weighted by Gasteiger charge is -2.34. The highest BCUT2D eigenvalue weighted by molar-refractivity contribution is 5.81. The monoisotopic (exact) mass is 341 g/mol. The van der Waals surface area contributed by atoms with Crippen LogP contribution in [0.2, 0.25) is 0 Å². The van der Waals surface area contributed by atoms with Gasteiger partial charge in [-0.3, -0.25) is 9.78 Å². The Morgan fingerprint density at radius 3 is 2.76 bits per heavy atom. The molecule has 2 aromatic heterocycles. The van der Waals surface area contributed by atoms with Gasteiger partial charge in [0.1, 0.15) is 11.5 Å². The van der Waals surface area contributed by atoms with Crippen LogP contribution in [0.1, 0.15) is 25.5 Å². The molecule has 3 N–H and O–H groups in total. The summed E-state index contributed by atoms with van der Waals surface area (Å²) in [7, 11) is 0. The Morgan fingerprint density at radius 1 is 1.32 bits per heavy atom. The molecule has 1 amide bonds. The number of rotatable bonds is 6. The fraction of sp³-hybridized carbons (Fsp3) is 0.444. The van der Waals surface area contributed by atoms with E-state index in [-0.39, 0.29) is 5.91 Å². The zero-order chi connectivity index (χ0) is 17.7. The molecule has 1 aliphatic heterocycles. The molecule has 0 bridgehead atoms. The third-order valence-electron chi connectivity index (χ3n) is 4.62. The second-order valence-corrected chi connectivity index (χ2v) is 6.25. The third-order valence-corrected chi connectivity index (χ3v) is 4.62. The number of amides is 1. The van der Waals surface area contributed by atoms with Crippen molar-refractivity contribution in [2.24, 2.45) is 11.1 Å². The number of aryl methyl sites for hydroxylation is 1. The lowest BCUT2D eigenvalue weighted by molar-refractivity contribution is -0.132. The number of anilines is 1. The Balaban J connectivity index is 1.83. The van der Waals surface area contributed by atoms with Crippen LogP contribution in [0, 0.1) is 5.41 Å². The molecular weight excluding hydrogens is 318 g/mol.